The lowest BCUT2D eigenvalue weighted by Gasteiger charge is -2.15. The number of oxazole rings is 1. The summed E-state index contributed by atoms with van der Waals surface area (Å²) in [5.41, 5.74) is 2.10. The molecule has 0 aliphatic carbocycles. The van der Waals surface area contributed by atoms with Crippen LogP contribution >= 0.6 is 11.6 Å². The number of amides is 1. The second-order valence-electron chi connectivity index (χ2n) is 7.52. The number of fused-ring (bicyclic) bond motifs is 1. The average Bonchev–Trinajstić information content (AvgIpc) is 3.37. The molecule has 4 rings (SSSR count). The van der Waals surface area contributed by atoms with Crippen molar-refractivity contribution in [1.29, 1.82) is 0 Å². The summed E-state index contributed by atoms with van der Waals surface area (Å²) < 4.78 is 33.5. The summed E-state index contributed by atoms with van der Waals surface area (Å²) in [6.45, 7) is 2.93. The maximum absolute atomic E-state index is 12.7. The van der Waals surface area contributed by atoms with E-state index in [1.807, 2.05) is 6.92 Å². The molecule has 8 nitrogen and oxygen atoms in total. The highest BCUT2D eigenvalue weighted by Gasteiger charge is 2.28. The molecule has 0 unspecified atom stereocenters. The van der Waals surface area contributed by atoms with E-state index in [1.165, 1.54) is 21.0 Å². The van der Waals surface area contributed by atoms with Gasteiger partial charge in [0, 0.05) is 42.8 Å². The third-order valence-corrected chi connectivity index (χ3v) is 7.51. The van der Waals surface area contributed by atoms with Crippen LogP contribution in [-0.4, -0.2) is 36.3 Å². The first-order valence-electron chi connectivity index (χ1n) is 9.95. The Labute approximate surface area is 184 Å². The number of hydrogen-bond acceptors (Lipinski definition) is 5. The van der Waals surface area contributed by atoms with Crippen LogP contribution in [0.3, 0.4) is 0 Å². The largest absolute Gasteiger partial charge is 0.419 e. The van der Waals surface area contributed by atoms with E-state index in [1.54, 1.807) is 24.3 Å². The molecule has 2 aromatic carbocycles. The van der Waals surface area contributed by atoms with Crippen molar-refractivity contribution in [2.45, 2.75) is 37.6 Å². The summed E-state index contributed by atoms with van der Waals surface area (Å²) in [7, 11) is -3.61. The third kappa shape index (κ3) is 4.39. The van der Waals surface area contributed by atoms with Crippen LogP contribution in [0, 0.1) is 6.92 Å². The van der Waals surface area contributed by atoms with Crippen molar-refractivity contribution >= 4 is 44.3 Å². The Morgan fingerprint density at radius 3 is 2.65 bits per heavy atom. The molecule has 0 saturated carbocycles. The van der Waals surface area contributed by atoms with Crippen LogP contribution in [0.4, 0.5) is 5.69 Å². The molecule has 1 N–H and O–H groups in total. The SMILES string of the molecule is Cc1ccc(Cl)cc1NC(=O)CCn1c(=O)oc2cc(S(=O)(=O)N3CCCC3)ccc21. The lowest BCUT2D eigenvalue weighted by molar-refractivity contribution is -0.116. The van der Waals surface area contributed by atoms with Crippen molar-refractivity contribution in [3.63, 3.8) is 0 Å². The maximum atomic E-state index is 12.7. The topological polar surface area (TPSA) is 102 Å². The first kappa shape index (κ1) is 21.6. The van der Waals surface area contributed by atoms with Crippen molar-refractivity contribution in [3.05, 3.63) is 57.5 Å². The lowest BCUT2D eigenvalue weighted by Crippen LogP contribution is -2.27. The molecule has 1 aliphatic heterocycles. The predicted molar refractivity (Wildman–Crippen MR) is 118 cm³/mol. The van der Waals surface area contributed by atoms with Gasteiger partial charge in [-0.15, -0.1) is 0 Å². The predicted octanol–water partition coefficient (Wildman–Crippen LogP) is 3.37. The van der Waals surface area contributed by atoms with Crippen molar-refractivity contribution < 1.29 is 17.6 Å². The van der Waals surface area contributed by atoms with Gasteiger partial charge in [0.05, 0.1) is 10.4 Å². The first-order valence-corrected chi connectivity index (χ1v) is 11.8. The van der Waals surface area contributed by atoms with Gasteiger partial charge in [-0.3, -0.25) is 9.36 Å². The van der Waals surface area contributed by atoms with Crippen molar-refractivity contribution in [1.82, 2.24) is 8.87 Å². The Morgan fingerprint density at radius 1 is 1.16 bits per heavy atom. The van der Waals surface area contributed by atoms with Crippen LogP contribution in [-0.2, 0) is 21.4 Å². The summed E-state index contributed by atoms with van der Waals surface area (Å²) in [6.07, 6.45) is 1.71. The highest BCUT2D eigenvalue weighted by atomic mass is 35.5. The quantitative estimate of drug-likeness (QED) is 0.603. The van der Waals surface area contributed by atoms with E-state index in [-0.39, 0.29) is 29.4 Å². The highest BCUT2D eigenvalue weighted by molar-refractivity contribution is 7.89. The van der Waals surface area contributed by atoms with Crippen LogP contribution in [0.15, 0.2) is 50.5 Å². The molecule has 10 heteroatoms. The molecule has 0 spiro atoms. The molecule has 2 heterocycles. The number of aryl methyl sites for hydroxylation is 2. The van der Waals surface area contributed by atoms with Gasteiger partial charge in [0.2, 0.25) is 15.9 Å². The van der Waals surface area contributed by atoms with Gasteiger partial charge in [-0.25, -0.2) is 13.2 Å². The molecule has 0 atom stereocenters. The van der Waals surface area contributed by atoms with Gasteiger partial charge >= 0.3 is 5.76 Å². The summed E-state index contributed by atoms with van der Waals surface area (Å²) in [6, 6.07) is 9.59. The van der Waals surface area contributed by atoms with Crippen LogP contribution in [0.1, 0.15) is 24.8 Å². The Morgan fingerprint density at radius 2 is 1.90 bits per heavy atom. The highest BCUT2D eigenvalue weighted by Crippen LogP contribution is 2.25. The first-order chi connectivity index (χ1) is 14.8. The van der Waals surface area contributed by atoms with Gasteiger partial charge in [0.1, 0.15) is 0 Å². The van der Waals surface area contributed by atoms with E-state index in [9.17, 15) is 18.0 Å². The minimum atomic E-state index is -3.61. The summed E-state index contributed by atoms with van der Waals surface area (Å²) in [5, 5.41) is 3.30. The zero-order valence-corrected chi connectivity index (χ0v) is 18.5. The second kappa shape index (κ2) is 8.49. The van der Waals surface area contributed by atoms with Gasteiger partial charge in [0.15, 0.2) is 5.58 Å². The van der Waals surface area contributed by atoms with Crippen LogP contribution in [0.2, 0.25) is 5.02 Å². The van der Waals surface area contributed by atoms with Crippen LogP contribution in [0.5, 0.6) is 0 Å². The Kier molecular flexibility index (Phi) is 5.92. The molecular formula is C21H22ClN3O5S. The third-order valence-electron chi connectivity index (χ3n) is 5.38. The zero-order valence-electron chi connectivity index (χ0n) is 16.9. The zero-order chi connectivity index (χ0) is 22.2. The molecular weight excluding hydrogens is 442 g/mol. The summed E-state index contributed by atoms with van der Waals surface area (Å²) >= 11 is 5.98. The van der Waals surface area contributed by atoms with Crippen LogP contribution < -0.4 is 11.1 Å². The number of nitrogens with one attached hydrogen (secondary N) is 1. The van der Waals surface area contributed by atoms with Gasteiger partial charge in [-0.1, -0.05) is 17.7 Å². The fraction of sp³-hybridized carbons (Fsp3) is 0.333. The van der Waals surface area contributed by atoms with E-state index in [2.05, 4.69) is 5.32 Å². The normalized spacial score (nSPS) is 14.9. The molecule has 0 radical (unpaired) electrons. The molecule has 1 aliphatic rings. The number of hydrogen-bond donors (Lipinski definition) is 1. The van der Waals surface area contributed by atoms with E-state index < -0.39 is 15.8 Å². The Bertz CT molecular complexity index is 1310. The number of rotatable bonds is 6. The smallest absolute Gasteiger partial charge is 0.408 e. The fourth-order valence-corrected chi connectivity index (χ4v) is 5.36. The van der Waals surface area contributed by atoms with Gasteiger partial charge in [-0.2, -0.15) is 4.31 Å². The standard InChI is InChI=1S/C21H22ClN3O5S/c1-14-4-5-15(22)12-17(14)23-20(26)8-11-25-18-7-6-16(13-19(18)30-21(25)27)31(28,29)24-9-2-3-10-24/h4-7,12-13H,2-3,8-11H2,1H3,(H,23,26). The minimum Gasteiger partial charge on any atom is -0.408 e. The molecule has 31 heavy (non-hydrogen) atoms. The number of sulfonamides is 1. The minimum absolute atomic E-state index is 0.0360. The maximum Gasteiger partial charge on any atom is 0.419 e. The second-order valence-corrected chi connectivity index (χ2v) is 9.89. The summed E-state index contributed by atoms with van der Waals surface area (Å²) in [4.78, 5) is 24.8. The van der Waals surface area contributed by atoms with E-state index in [4.69, 9.17) is 16.0 Å². The number of carbonyl (C=O) groups is 1. The van der Waals surface area contributed by atoms with Gasteiger partial charge < -0.3 is 9.73 Å². The number of aromatic nitrogens is 1. The molecule has 164 valence electrons. The molecule has 3 aromatic rings. The number of halogens is 1. The lowest BCUT2D eigenvalue weighted by atomic mass is 10.2. The van der Waals surface area contributed by atoms with E-state index >= 15 is 0 Å². The average molecular weight is 464 g/mol. The fourth-order valence-electron chi connectivity index (χ4n) is 3.65. The monoisotopic (exact) mass is 463 g/mol. The number of nitrogens with zero attached hydrogens (tertiary/aromatic N) is 2. The van der Waals surface area contributed by atoms with Crippen molar-refractivity contribution in [2.75, 3.05) is 18.4 Å². The number of anilines is 1. The Hall–Kier alpha value is -2.62. The molecule has 1 fully saturated rings. The molecule has 0 bridgehead atoms. The van der Waals surface area contributed by atoms with Crippen molar-refractivity contribution in [2.24, 2.45) is 0 Å². The number of benzene rings is 2. The summed E-state index contributed by atoms with van der Waals surface area (Å²) in [5.74, 6) is -0.919. The van der Waals surface area contributed by atoms with E-state index in [0.717, 1.165) is 18.4 Å². The molecule has 1 saturated heterocycles. The van der Waals surface area contributed by atoms with Gasteiger partial charge in [0.25, 0.3) is 0 Å². The number of carbonyl (C=O) groups excluding carboxylic acids is 1. The van der Waals surface area contributed by atoms with Gasteiger partial charge in [-0.05, 0) is 49.6 Å². The molecule has 1 amide bonds. The van der Waals surface area contributed by atoms with Crippen LogP contribution in [0.25, 0.3) is 11.1 Å². The van der Waals surface area contributed by atoms with Crippen molar-refractivity contribution in [3.8, 4) is 0 Å². The Balaban J connectivity index is 1.52. The van der Waals surface area contributed by atoms with E-state index in [0.29, 0.717) is 29.3 Å². The molecule has 1 aromatic heterocycles.